The quantitative estimate of drug-likeness (QED) is 0.891. The number of benzene rings is 1. The molecule has 0 radical (unpaired) electrons. The largest absolute Gasteiger partial charge is 0.465 e. The average molecular weight is 306 g/mol. The molecule has 1 fully saturated rings. The molecule has 1 aromatic heterocycles. The molecular weight excluding hydrogens is 287 g/mol. The van der Waals surface area contributed by atoms with Gasteiger partial charge in [-0.25, -0.2) is 14.2 Å². The van der Waals surface area contributed by atoms with Crippen LogP contribution in [0.4, 0.5) is 9.18 Å². The first-order valence-electron chi connectivity index (χ1n) is 6.93. The molecule has 3 rings (SSSR count). The van der Waals surface area contributed by atoms with Gasteiger partial charge in [0.2, 0.25) is 0 Å². The van der Waals surface area contributed by atoms with Crippen LogP contribution in [-0.2, 0) is 0 Å². The highest BCUT2D eigenvalue weighted by molar-refractivity contribution is 5.66. The molecule has 1 atom stereocenters. The monoisotopic (exact) mass is 306 g/mol. The zero-order valence-electron chi connectivity index (χ0n) is 12.3. The van der Waals surface area contributed by atoms with Gasteiger partial charge in [-0.2, -0.15) is 0 Å². The average Bonchev–Trinajstić information content (AvgIpc) is 2.91. The number of rotatable bonds is 2. The molecule has 22 heavy (non-hydrogen) atoms. The summed E-state index contributed by atoms with van der Waals surface area (Å²) in [7, 11) is 0. The third-order valence-corrected chi connectivity index (χ3v) is 3.45. The first-order chi connectivity index (χ1) is 10.5. The molecule has 118 valence electrons. The maximum absolute atomic E-state index is 12.5. The fourth-order valence-corrected chi connectivity index (χ4v) is 2.08. The number of hydrogen-bond acceptors (Lipinski definition) is 3. The van der Waals surface area contributed by atoms with E-state index < -0.39 is 6.09 Å². The van der Waals surface area contributed by atoms with Crippen LogP contribution in [0.25, 0.3) is 0 Å². The number of likely N-dealkylation sites (tertiary alicyclic amines) is 1. The Morgan fingerprint density at radius 1 is 1.50 bits per heavy atom. The standard InChI is InChI=1S/C8H10FN.C7H9N3O2/c1-6(10)7-3-2-4-8(9)5-7;11-7(12)10-3-6(4-10)9-2-1-8-5-9/h2-6H,10H2,1H3;1-2,5-6H,3-4H2,(H,11,12)/t6-;/m0./s1. The Bertz CT molecular complexity index is 610. The first kappa shape index (κ1) is 16.0. The molecule has 0 spiro atoms. The first-order valence-corrected chi connectivity index (χ1v) is 6.93. The summed E-state index contributed by atoms with van der Waals surface area (Å²) in [6.45, 7) is 2.98. The van der Waals surface area contributed by atoms with Crippen molar-refractivity contribution in [3.05, 3.63) is 54.4 Å². The van der Waals surface area contributed by atoms with E-state index in [4.69, 9.17) is 10.8 Å². The van der Waals surface area contributed by atoms with Gasteiger partial charge in [-0.3, -0.25) is 0 Å². The van der Waals surface area contributed by atoms with Crippen LogP contribution in [0.3, 0.4) is 0 Å². The molecule has 1 amide bonds. The minimum Gasteiger partial charge on any atom is -0.465 e. The second kappa shape index (κ2) is 7.04. The van der Waals surface area contributed by atoms with E-state index in [2.05, 4.69) is 4.98 Å². The van der Waals surface area contributed by atoms with Gasteiger partial charge in [0.25, 0.3) is 0 Å². The van der Waals surface area contributed by atoms with Gasteiger partial charge in [0.1, 0.15) is 5.82 Å². The van der Waals surface area contributed by atoms with E-state index in [0.29, 0.717) is 13.1 Å². The highest BCUT2D eigenvalue weighted by Crippen LogP contribution is 2.20. The van der Waals surface area contributed by atoms with Crippen molar-refractivity contribution in [3.8, 4) is 0 Å². The summed E-state index contributed by atoms with van der Waals surface area (Å²) in [5.41, 5.74) is 6.35. The minimum atomic E-state index is -0.841. The van der Waals surface area contributed by atoms with Gasteiger partial charge in [0.15, 0.2) is 0 Å². The Morgan fingerprint density at radius 3 is 2.68 bits per heavy atom. The molecule has 0 aliphatic carbocycles. The van der Waals surface area contributed by atoms with Crippen molar-refractivity contribution in [2.24, 2.45) is 5.73 Å². The molecule has 2 aromatic rings. The number of carbonyl (C=O) groups is 1. The second-order valence-corrected chi connectivity index (χ2v) is 5.19. The summed E-state index contributed by atoms with van der Waals surface area (Å²) in [5, 5.41) is 8.55. The molecule has 1 aromatic carbocycles. The number of nitrogens with two attached hydrogens (primary N) is 1. The van der Waals surface area contributed by atoms with Gasteiger partial charge in [-0.15, -0.1) is 0 Å². The molecule has 6 nitrogen and oxygen atoms in total. The maximum atomic E-state index is 12.5. The number of hydrogen-bond donors (Lipinski definition) is 2. The van der Waals surface area contributed by atoms with Crippen LogP contribution in [0.5, 0.6) is 0 Å². The van der Waals surface area contributed by atoms with E-state index in [1.807, 2.05) is 23.8 Å². The Kier molecular flexibility index (Phi) is 5.11. The van der Waals surface area contributed by atoms with Crippen LogP contribution in [0.1, 0.15) is 24.6 Å². The van der Waals surface area contributed by atoms with E-state index >= 15 is 0 Å². The van der Waals surface area contributed by atoms with Crippen LogP contribution in [-0.4, -0.2) is 38.7 Å². The lowest BCUT2D eigenvalue weighted by Gasteiger charge is -2.37. The highest BCUT2D eigenvalue weighted by Gasteiger charge is 2.31. The molecule has 1 aliphatic rings. The van der Waals surface area contributed by atoms with Crippen LogP contribution in [0, 0.1) is 5.82 Å². The van der Waals surface area contributed by atoms with Gasteiger partial charge in [-0.1, -0.05) is 12.1 Å². The third kappa shape index (κ3) is 4.05. The summed E-state index contributed by atoms with van der Waals surface area (Å²) in [5.74, 6) is -0.227. The van der Waals surface area contributed by atoms with E-state index in [9.17, 15) is 9.18 Å². The fourth-order valence-electron chi connectivity index (χ4n) is 2.08. The van der Waals surface area contributed by atoms with Gasteiger partial charge < -0.3 is 20.3 Å². The van der Waals surface area contributed by atoms with Crippen molar-refractivity contribution in [2.45, 2.75) is 19.0 Å². The zero-order valence-corrected chi connectivity index (χ0v) is 12.3. The normalized spacial score (nSPS) is 15.5. The zero-order chi connectivity index (χ0) is 16.1. The Balaban J connectivity index is 0.000000164. The molecule has 0 unspecified atom stereocenters. The van der Waals surface area contributed by atoms with Crippen LogP contribution < -0.4 is 5.73 Å². The lowest BCUT2D eigenvalue weighted by molar-refractivity contribution is 0.0856. The molecule has 0 saturated carbocycles. The highest BCUT2D eigenvalue weighted by atomic mass is 19.1. The van der Waals surface area contributed by atoms with E-state index in [1.54, 1.807) is 18.6 Å². The van der Waals surface area contributed by atoms with Crippen LogP contribution in [0.2, 0.25) is 0 Å². The SMILES string of the molecule is C[C@H](N)c1cccc(F)c1.O=C(O)N1CC(n2ccnc2)C1. The van der Waals surface area contributed by atoms with Crippen molar-refractivity contribution in [1.82, 2.24) is 14.5 Å². The smallest absolute Gasteiger partial charge is 0.407 e. The number of nitrogens with zero attached hydrogens (tertiary/aromatic N) is 3. The minimum absolute atomic E-state index is 0.0873. The molecule has 1 saturated heterocycles. The van der Waals surface area contributed by atoms with Gasteiger partial charge in [-0.05, 0) is 24.6 Å². The molecule has 3 N–H and O–H groups in total. The molecule has 7 heteroatoms. The summed E-state index contributed by atoms with van der Waals surface area (Å²) in [6.07, 6.45) is 4.42. The van der Waals surface area contributed by atoms with Crippen LogP contribution >= 0.6 is 0 Å². The van der Waals surface area contributed by atoms with Crippen molar-refractivity contribution < 1.29 is 14.3 Å². The lowest BCUT2D eigenvalue weighted by Crippen LogP contribution is -2.49. The van der Waals surface area contributed by atoms with Crippen molar-refractivity contribution >= 4 is 6.09 Å². The molecule has 2 heterocycles. The Morgan fingerprint density at radius 2 is 2.23 bits per heavy atom. The maximum Gasteiger partial charge on any atom is 0.407 e. The van der Waals surface area contributed by atoms with E-state index in [0.717, 1.165) is 5.56 Å². The lowest BCUT2D eigenvalue weighted by atomic mass is 10.1. The van der Waals surface area contributed by atoms with E-state index in [1.165, 1.54) is 17.0 Å². The summed E-state index contributed by atoms with van der Waals surface area (Å²) >= 11 is 0. The third-order valence-electron chi connectivity index (χ3n) is 3.45. The summed E-state index contributed by atoms with van der Waals surface area (Å²) in [4.78, 5) is 15.7. The van der Waals surface area contributed by atoms with Crippen molar-refractivity contribution in [1.29, 1.82) is 0 Å². The van der Waals surface area contributed by atoms with Gasteiger partial charge in [0, 0.05) is 31.5 Å². The fraction of sp³-hybridized carbons (Fsp3) is 0.333. The number of aromatic nitrogens is 2. The Labute approximate surface area is 128 Å². The van der Waals surface area contributed by atoms with E-state index in [-0.39, 0.29) is 17.9 Å². The summed E-state index contributed by atoms with van der Waals surface area (Å²) in [6, 6.07) is 6.53. The van der Waals surface area contributed by atoms with Gasteiger partial charge in [0.05, 0.1) is 12.4 Å². The number of carboxylic acid groups (broad SMARTS) is 1. The molecular formula is C15H19FN4O2. The number of imidazole rings is 1. The second-order valence-electron chi connectivity index (χ2n) is 5.19. The number of halogens is 1. The molecule has 1 aliphatic heterocycles. The molecule has 0 bridgehead atoms. The topological polar surface area (TPSA) is 84.4 Å². The number of amides is 1. The Hall–Kier alpha value is -2.41. The van der Waals surface area contributed by atoms with Crippen molar-refractivity contribution in [2.75, 3.05) is 13.1 Å². The predicted octanol–water partition coefficient (Wildman–Crippen LogP) is 2.26. The van der Waals surface area contributed by atoms with Crippen LogP contribution in [0.15, 0.2) is 43.0 Å². The van der Waals surface area contributed by atoms with Gasteiger partial charge >= 0.3 is 6.09 Å². The van der Waals surface area contributed by atoms with Crippen molar-refractivity contribution in [3.63, 3.8) is 0 Å². The predicted molar refractivity (Wildman–Crippen MR) is 79.9 cm³/mol. The summed E-state index contributed by atoms with van der Waals surface area (Å²) < 4.78 is 14.4.